The zero-order chi connectivity index (χ0) is 46.2. The smallest absolute Gasteiger partial charge is 0.135 e. The van der Waals surface area contributed by atoms with E-state index in [1.54, 1.807) is 6.20 Å². The monoisotopic (exact) mass is 1080 g/mol. The maximum atomic E-state index is 14.7. The third-order valence-electron chi connectivity index (χ3n) is 13.0. The number of fused-ring (bicyclic) bond motifs is 7. The number of hydrogen-bond acceptors (Lipinski definition) is 4. The maximum absolute atomic E-state index is 14.7. The van der Waals surface area contributed by atoms with Crippen molar-refractivity contribution in [3.8, 4) is 34.1 Å². The second-order valence-corrected chi connectivity index (χ2v) is 18.0. The molecule has 342 valence electrons. The number of ether oxygens (including phenoxy) is 1. The second kappa shape index (κ2) is 17.5. The third kappa shape index (κ3) is 7.55. The summed E-state index contributed by atoms with van der Waals surface area (Å²) in [5, 5.41) is 4.45. The standard InChI is InChI=1S/C60H44F2N5O.Pt/c1-37(2)51-29-40(39-27-41(61)31-42(62)28-39)30-52(38(3)4)60(51)65-36-64(56-21-11-12-22-57(56)65)43-32-44(66-53-18-8-5-15-47(53)48-16-6-9-19-54(48)66)34-46(33-43)68-45-24-25-50-49-17-7-10-20-55(49)67(58(50)35-45)59-23-13-14-26-63-59;/h5-32,34,36-38H,1-4H3;/q-3;. The Morgan fingerprint density at radius 2 is 1.07 bits per heavy atom. The van der Waals surface area contributed by atoms with Crippen molar-refractivity contribution in [1.29, 1.82) is 0 Å². The van der Waals surface area contributed by atoms with Gasteiger partial charge in [-0.05, 0) is 106 Å². The van der Waals surface area contributed by atoms with Gasteiger partial charge in [0.05, 0.1) is 11.0 Å². The number of nitrogens with zero attached hydrogens (tertiary/aromatic N) is 5. The molecule has 0 bridgehead atoms. The van der Waals surface area contributed by atoms with Gasteiger partial charge in [0.25, 0.3) is 0 Å². The molecule has 4 heterocycles. The van der Waals surface area contributed by atoms with Crippen molar-refractivity contribution >= 4 is 66.4 Å². The Labute approximate surface area is 413 Å². The molecule has 0 atom stereocenters. The van der Waals surface area contributed by atoms with Gasteiger partial charge in [-0.3, -0.25) is 0 Å². The molecule has 11 aromatic rings. The average molecular weight is 1080 g/mol. The molecule has 0 saturated heterocycles. The number of pyridine rings is 1. The first kappa shape index (κ1) is 44.0. The number of halogens is 2. The van der Waals surface area contributed by atoms with Gasteiger partial charge >= 0.3 is 0 Å². The van der Waals surface area contributed by atoms with E-state index in [0.717, 1.165) is 101 Å². The molecule has 0 amide bonds. The molecule has 9 heteroatoms. The van der Waals surface area contributed by atoms with E-state index in [4.69, 9.17) is 9.72 Å². The zero-order valence-electron chi connectivity index (χ0n) is 38.2. The van der Waals surface area contributed by atoms with Crippen molar-refractivity contribution in [2.75, 3.05) is 9.80 Å². The Kier molecular flexibility index (Phi) is 11.2. The summed E-state index contributed by atoms with van der Waals surface area (Å²) in [5.74, 6) is 0.780. The molecular weight excluding hydrogens is 1040 g/mol. The minimum absolute atomic E-state index is 0. The molecule has 69 heavy (non-hydrogen) atoms. The van der Waals surface area contributed by atoms with Crippen molar-refractivity contribution < 1.29 is 34.6 Å². The fourth-order valence-electron chi connectivity index (χ4n) is 10.0. The largest absolute Gasteiger partial charge is 0.509 e. The Balaban J connectivity index is 0.00000520. The van der Waals surface area contributed by atoms with Crippen LogP contribution in [0.15, 0.2) is 176 Å². The van der Waals surface area contributed by atoms with Crippen LogP contribution in [0.25, 0.3) is 66.2 Å². The van der Waals surface area contributed by atoms with Crippen LogP contribution in [0.4, 0.5) is 31.5 Å². The van der Waals surface area contributed by atoms with Crippen molar-refractivity contribution in [2.24, 2.45) is 0 Å². The van der Waals surface area contributed by atoms with Crippen LogP contribution in [0, 0.1) is 30.4 Å². The summed E-state index contributed by atoms with van der Waals surface area (Å²) in [4.78, 5) is 9.17. The van der Waals surface area contributed by atoms with Crippen LogP contribution in [-0.2, 0) is 21.1 Å². The topological polar surface area (TPSA) is 38.5 Å². The summed E-state index contributed by atoms with van der Waals surface area (Å²) >= 11 is 0. The number of hydrogen-bond donors (Lipinski definition) is 0. The average Bonchev–Trinajstić information content (AvgIpc) is 4.01. The molecule has 3 aromatic heterocycles. The van der Waals surface area contributed by atoms with Crippen molar-refractivity contribution in [2.45, 2.75) is 39.5 Å². The molecule has 0 N–H and O–H groups in total. The van der Waals surface area contributed by atoms with Gasteiger partial charge in [-0.15, -0.1) is 42.4 Å². The van der Waals surface area contributed by atoms with Gasteiger partial charge in [-0.25, -0.2) is 13.8 Å². The Bertz CT molecular complexity index is 3660. The molecule has 8 aromatic carbocycles. The third-order valence-corrected chi connectivity index (χ3v) is 13.0. The van der Waals surface area contributed by atoms with Gasteiger partial charge < -0.3 is 23.7 Å². The molecule has 1 aliphatic rings. The first-order valence-corrected chi connectivity index (χ1v) is 23.0. The van der Waals surface area contributed by atoms with Crippen molar-refractivity contribution in [1.82, 2.24) is 14.1 Å². The summed E-state index contributed by atoms with van der Waals surface area (Å²) in [6.07, 6.45) is 1.80. The first-order valence-electron chi connectivity index (χ1n) is 23.0. The van der Waals surface area contributed by atoms with E-state index in [1.165, 1.54) is 12.1 Å². The van der Waals surface area contributed by atoms with Gasteiger partial charge in [0.1, 0.15) is 17.5 Å². The number of benzene rings is 8. The molecule has 0 spiro atoms. The van der Waals surface area contributed by atoms with E-state index in [9.17, 15) is 8.78 Å². The van der Waals surface area contributed by atoms with E-state index in [0.29, 0.717) is 17.1 Å². The summed E-state index contributed by atoms with van der Waals surface area (Å²) < 4.78 is 40.7. The fraction of sp³-hybridized carbons (Fsp3) is 0.100. The SMILES string of the molecule is CC(C)c1cc(-c2cc(F)cc(F)c2)cc(C(C)C)c1N1[CH-]N(c2[c-]c(Oc3[c-]c4c(cc3)c3ccccc3n4-c3ccccn3)cc(-n3c4ccccc4c4ccccc43)c2)c2ccccc21.[Pt]. The summed E-state index contributed by atoms with van der Waals surface area (Å²) in [7, 11) is 0. The first-order chi connectivity index (χ1) is 33.2. The van der Waals surface area contributed by atoms with E-state index in [-0.39, 0.29) is 32.9 Å². The molecule has 0 saturated carbocycles. The second-order valence-electron chi connectivity index (χ2n) is 18.0. The zero-order valence-corrected chi connectivity index (χ0v) is 40.5. The van der Waals surface area contributed by atoms with E-state index in [2.05, 4.69) is 187 Å². The van der Waals surface area contributed by atoms with Crippen LogP contribution in [0.3, 0.4) is 0 Å². The summed E-state index contributed by atoms with van der Waals surface area (Å²) in [6.45, 7) is 10.8. The number of anilines is 4. The maximum Gasteiger partial charge on any atom is 0.135 e. The van der Waals surface area contributed by atoms with Crippen molar-refractivity contribution in [3.63, 3.8) is 0 Å². The fourth-order valence-corrected chi connectivity index (χ4v) is 10.0. The van der Waals surface area contributed by atoms with Crippen LogP contribution in [0.5, 0.6) is 11.5 Å². The predicted octanol–water partition coefficient (Wildman–Crippen LogP) is 16.3. The Morgan fingerprint density at radius 1 is 0.522 bits per heavy atom. The Hall–Kier alpha value is -7.54. The minimum atomic E-state index is -0.604. The molecule has 0 unspecified atom stereocenters. The Morgan fingerprint density at radius 3 is 1.68 bits per heavy atom. The summed E-state index contributed by atoms with van der Waals surface area (Å²) in [5.41, 5.74) is 12.1. The van der Waals surface area contributed by atoms with E-state index < -0.39 is 11.6 Å². The van der Waals surface area contributed by atoms with Crippen LogP contribution in [-0.4, -0.2) is 14.1 Å². The van der Waals surface area contributed by atoms with Gasteiger partial charge in [-0.1, -0.05) is 117 Å². The van der Waals surface area contributed by atoms with Crippen LogP contribution >= 0.6 is 0 Å². The summed E-state index contributed by atoms with van der Waals surface area (Å²) in [6, 6.07) is 63.1. The molecule has 12 rings (SSSR count). The van der Waals surface area contributed by atoms with E-state index >= 15 is 0 Å². The molecule has 0 radical (unpaired) electrons. The predicted molar refractivity (Wildman–Crippen MR) is 272 cm³/mol. The number of rotatable bonds is 9. The van der Waals surface area contributed by atoms with Crippen LogP contribution in [0.2, 0.25) is 0 Å². The minimum Gasteiger partial charge on any atom is -0.509 e. The number of para-hydroxylation sites is 5. The van der Waals surface area contributed by atoms with Gasteiger partial charge in [0.15, 0.2) is 0 Å². The quantitative estimate of drug-likeness (QED) is 0.135. The number of aromatic nitrogens is 3. The molecule has 0 aliphatic carbocycles. The van der Waals surface area contributed by atoms with Crippen LogP contribution in [0.1, 0.15) is 50.7 Å². The van der Waals surface area contributed by atoms with Crippen LogP contribution < -0.4 is 14.5 Å². The molecule has 1 aliphatic heterocycles. The van der Waals surface area contributed by atoms with Gasteiger partial charge in [0.2, 0.25) is 0 Å². The van der Waals surface area contributed by atoms with Gasteiger partial charge in [-0.2, -0.15) is 6.07 Å². The van der Waals surface area contributed by atoms with Gasteiger partial charge in [0, 0.05) is 78.2 Å². The normalized spacial score (nSPS) is 12.5. The molecule has 6 nitrogen and oxygen atoms in total. The van der Waals surface area contributed by atoms with E-state index in [1.807, 2.05) is 30.3 Å². The molecular formula is C60H44F2N5OPt-3. The van der Waals surface area contributed by atoms with Crippen molar-refractivity contribution in [3.05, 3.63) is 218 Å². The molecule has 0 fully saturated rings.